The maximum atomic E-state index is 12.4. The Labute approximate surface area is 117 Å². The molecule has 0 aliphatic carbocycles. The lowest BCUT2D eigenvalue weighted by Gasteiger charge is -2.49. The molecule has 0 N–H and O–H groups in total. The second kappa shape index (κ2) is 4.84. The quantitative estimate of drug-likeness (QED) is 0.836. The molecule has 5 heteroatoms. The Bertz CT molecular complexity index is 500. The lowest BCUT2D eigenvalue weighted by atomic mass is 9.91. The minimum Gasteiger partial charge on any atom is -0.497 e. The summed E-state index contributed by atoms with van der Waals surface area (Å²) in [6.45, 7) is 3.47. The molecule has 3 aliphatic heterocycles. The SMILES string of the molecule is COc1cccc(CC(=O)C23OCC(C)(CO2)CO3)c1. The summed E-state index contributed by atoms with van der Waals surface area (Å²) in [7, 11) is 1.60. The van der Waals surface area contributed by atoms with Gasteiger partial charge in [0.2, 0.25) is 5.78 Å². The molecular formula is C15H18O5. The van der Waals surface area contributed by atoms with Gasteiger partial charge in [-0.1, -0.05) is 19.1 Å². The summed E-state index contributed by atoms with van der Waals surface area (Å²) >= 11 is 0. The normalized spacial score (nSPS) is 32.1. The number of fused-ring (bicyclic) bond motifs is 3. The van der Waals surface area contributed by atoms with Gasteiger partial charge >= 0.3 is 5.97 Å². The van der Waals surface area contributed by atoms with E-state index in [-0.39, 0.29) is 17.6 Å². The summed E-state index contributed by atoms with van der Waals surface area (Å²) in [6.07, 6.45) is 0.188. The van der Waals surface area contributed by atoms with Gasteiger partial charge in [0.25, 0.3) is 0 Å². The van der Waals surface area contributed by atoms with Crippen LogP contribution in [0.2, 0.25) is 0 Å². The van der Waals surface area contributed by atoms with Gasteiger partial charge < -0.3 is 18.9 Å². The Kier molecular flexibility index (Phi) is 3.28. The molecule has 0 amide bonds. The fourth-order valence-electron chi connectivity index (χ4n) is 2.38. The Morgan fingerprint density at radius 1 is 1.25 bits per heavy atom. The third-order valence-corrected chi connectivity index (χ3v) is 3.67. The minimum atomic E-state index is -1.51. The summed E-state index contributed by atoms with van der Waals surface area (Å²) in [4.78, 5) is 12.4. The van der Waals surface area contributed by atoms with Crippen LogP contribution in [0.3, 0.4) is 0 Å². The molecule has 3 aliphatic rings. The second-order valence-electron chi connectivity index (χ2n) is 5.68. The fourth-order valence-corrected chi connectivity index (χ4v) is 2.38. The molecular weight excluding hydrogens is 260 g/mol. The molecule has 5 nitrogen and oxygen atoms in total. The van der Waals surface area contributed by atoms with Gasteiger partial charge in [0.15, 0.2) is 0 Å². The van der Waals surface area contributed by atoms with Crippen LogP contribution < -0.4 is 4.74 Å². The maximum Gasteiger partial charge on any atom is 0.347 e. The second-order valence-corrected chi connectivity index (χ2v) is 5.68. The van der Waals surface area contributed by atoms with E-state index in [9.17, 15) is 4.79 Å². The average Bonchev–Trinajstić information content (AvgIpc) is 2.48. The molecule has 0 atom stereocenters. The molecule has 2 bridgehead atoms. The van der Waals surface area contributed by atoms with E-state index in [0.717, 1.165) is 11.3 Å². The summed E-state index contributed by atoms with van der Waals surface area (Å²) in [5.41, 5.74) is 0.705. The topological polar surface area (TPSA) is 54.0 Å². The van der Waals surface area contributed by atoms with E-state index < -0.39 is 5.97 Å². The van der Waals surface area contributed by atoms with Crippen LogP contribution in [0.25, 0.3) is 0 Å². The molecule has 0 radical (unpaired) electrons. The molecule has 0 saturated carbocycles. The van der Waals surface area contributed by atoms with Crippen molar-refractivity contribution in [1.29, 1.82) is 0 Å². The van der Waals surface area contributed by atoms with E-state index in [1.165, 1.54) is 0 Å². The van der Waals surface area contributed by atoms with Crippen LogP contribution in [0, 0.1) is 5.41 Å². The first kappa shape index (κ1) is 13.5. The van der Waals surface area contributed by atoms with Crippen molar-refractivity contribution in [1.82, 2.24) is 0 Å². The lowest BCUT2D eigenvalue weighted by Crippen LogP contribution is -2.62. The number of hydrogen-bond acceptors (Lipinski definition) is 5. The number of Topliss-reactive ketones (excluding diaryl/α,β-unsaturated/α-hetero) is 1. The molecule has 4 rings (SSSR count). The molecule has 0 unspecified atom stereocenters. The van der Waals surface area contributed by atoms with Gasteiger partial charge in [-0.05, 0) is 17.7 Å². The number of methoxy groups -OCH3 is 1. The first-order chi connectivity index (χ1) is 9.55. The predicted molar refractivity (Wildman–Crippen MR) is 70.4 cm³/mol. The van der Waals surface area contributed by atoms with E-state index in [2.05, 4.69) is 0 Å². The highest BCUT2D eigenvalue weighted by atomic mass is 16.9. The zero-order valence-corrected chi connectivity index (χ0v) is 11.7. The maximum absolute atomic E-state index is 12.4. The van der Waals surface area contributed by atoms with Crippen LogP contribution in [0.15, 0.2) is 24.3 Å². The van der Waals surface area contributed by atoms with Crippen molar-refractivity contribution < 1.29 is 23.7 Å². The van der Waals surface area contributed by atoms with Gasteiger partial charge in [0.1, 0.15) is 5.75 Å². The number of carbonyl (C=O) groups is 1. The molecule has 20 heavy (non-hydrogen) atoms. The molecule has 3 saturated heterocycles. The molecule has 1 aromatic carbocycles. The van der Waals surface area contributed by atoms with Gasteiger partial charge in [0.05, 0.1) is 26.9 Å². The fraction of sp³-hybridized carbons (Fsp3) is 0.533. The highest BCUT2D eigenvalue weighted by Crippen LogP contribution is 2.38. The van der Waals surface area contributed by atoms with Crippen LogP contribution in [0.1, 0.15) is 12.5 Å². The van der Waals surface area contributed by atoms with Crippen molar-refractivity contribution in [3.63, 3.8) is 0 Å². The predicted octanol–water partition coefficient (Wildman–Crippen LogP) is 1.54. The summed E-state index contributed by atoms with van der Waals surface area (Å²) in [5, 5.41) is 0. The Morgan fingerprint density at radius 3 is 2.50 bits per heavy atom. The Balaban J connectivity index is 1.73. The number of rotatable bonds is 4. The standard InChI is InChI=1S/C15H18O5/c1-14-8-18-15(19-9-14,20-10-14)13(16)7-11-4-3-5-12(6-11)17-2/h3-6H,7-10H2,1-2H3. The van der Waals surface area contributed by atoms with Crippen molar-refractivity contribution in [3.8, 4) is 5.75 Å². The molecule has 0 aromatic heterocycles. The third-order valence-electron chi connectivity index (χ3n) is 3.67. The van der Waals surface area contributed by atoms with Gasteiger partial charge in [0, 0.05) is 11.8 Å². The Morgan fingerprint density at radius 2 is 1.90 bits per heavy atom. The molecule has 108 valence electrons. The summed E-state index contributed by atoms with van der Waals surface area (Å²) < 4.78 is 21.7. The largest absolute Gasteiger partial charge is 0.497 e. The van der Waals surface area contributed by atoms with Crippen molar-refractivity contribution in [2.75, 3.05) is 26.9 Å². The van der Waals surface area contributed by atoms with E-state index in [1.807, 2.05) is 31.2 Å². The molecule has 1 aromatic rings. The minimum absolute atomic E-state index is 0.141. The summed E-state index contributed by atoms with van der Waals surface area (Å²) in [6, 6.07) is 7.38. The number of hydrogen-bond donors (Lipinski definition) is 0. The zero-order chi connectivity index (χ0) is 14.2. The van der Waals surface area contributed by atoms with Crippen LogP contribution in [-0.2, 0) is 25.4 Å². The molecule has 3 heterocycles. The van der Waals surface area contributed by atoms with E-state index in [1.54, 1.807) is 7.11 Å². The molecule has 0 spiro atoms. The number of ether oxygens (including phenoxy) is 4. The van der Waals surface area contributed by atoms with Gasteiger partial charge in [-0.25, -0.2) is 0 Å². The summed E-state index contributed by atoms with van der Waals surface area (Å²) in [5.74, 6) is -1.01. The third kappa shape index (κ3) is 2.32. The van der Waals surface area contributed by atoms with Crippen LogP contribution in [-0.4, -0.2) is 38.7 Å². The van der Waals surface area contributed by atoms with Crippen molar-refractivity contribution in [2.24, 2.45) is 5.41 Å². The van der Waals surface area contributed by atoms with Gasteiger partial charge in [-0.15, -0.1) is 0 Å². The van der Waals surface area contributed by atoms with Gasteiger partial charge in [-0.3, -0.25) is 4.79 Å². The number of carbonyl (C=O) groups excluding carboxylic acids is 1. The number of benzene rings is 1. The van der Waals surface area contributed by atoms with E-state index in [0.29, 0.717) is 19.8 Å². The Hall–Kier alpha value is -1.43. The van der Waals surface area contributed by atoms with Crippen LogP contribution >= 0.6 is 0 Å². The highest BCUT2D eigenvalue weighted by Gasteiger charge is 2.54. The number of ketones is 1. The average molecular weight is 278 g/mol. The zero-order valence-electron chi connectivity index (χ0n) is 11.7. The van der Waals surface area contributed by atoms with E-state index >= 15 is 0 Å². The first-order valence-corrected chi connectivity index (χ1v) is 6.63. The highest BCUT2D eigenvalue weighted by molar-refractivity contribution is 5.86. The molecule has 3 fully saturated rings. The van der Waals surface area contributed by atoms with Crippen molar-refractivity contribution >= 4 is 5.78 Å². The van der Waals surface area contributed by atoms with Crippen molar-refractivity contribution in [2.45, 2.75) is 19.3 Å². The monoisotopic (exact) mass is 278 g/mol. The van der Waals surface area contributed by atoms with Crippen LogP contribution in [0.4, 0.5) is 0 Å². The van der Waals surface area contributed by atoms with Crippen LogP contribution in [0.5, 0.6) is 5.75 Å². The first-order valence-electron chi connectivity index (χ1n) is 6.63. The van der Waals surface area contributed by atoms with Gasteiger partial charge in [-0.2, -0.15) is 0 Å². The smallest absolute Gasteiger partial charge is 0.347 e. The lowest BCUT2D eigenvalue weighted by molar-refractivity contribution is -0.439. The van der Waals surface area contributed by atoms with E-state index in [4.69, 9.17) is 18.9 Å². The van der Waals surface area contributed by atoms with Crippen molar-refractivity contribution in [3.05, 3.63) is 29.8 Å².